The van der Waals surface area contributed by atoms with Gasteiger partial charge in [-0.3, -0.25) is 9.48 Å². The Bertz CT molecular complexity index is 653. The lowest BCUT2D eigenvalue weighted by molar-refractivity contribution is -0.119. The van der Waals surface area contributed by atoms with Gasteiger partial charge in [0.2, 0.25) is 5.91 Å². The number of aromatic nitrogens is 2. The molecule has 2 rings (SSSR count). The lowest BCUT2D eigenvalue weighted by Crippen LogP contribution is -2.30. The van der Waals surface area contributed by atoms with Crippen LogP contribution in [-0.2, 0) is 11.3 Å². The molecule has 5 heteroatoms. The first-order chi connectivity index (χ1) is 10.1. The molecule has 2 aromatic rings. The summed E-state index contributed by atoms with van der Waals surface area (Å²) < 4.78 is 6.92. The average Bonchev–Trinajstić information content (AvgIpc) is 2.90. The summed E-state index contributed by atoms with van der Waals surface area (Å²) in [5.41, 5.74) is 1.82. The first-order valence-corrected chi connectivity index (χ1v) is 6.52. The van der Waals surface area contributed by atoms with Crippen LogP contribution in [0.15, 0.2) is 36.7 Å². The molecular formula is C16H17N3O2. The fourth-order valence-corrected chi connectivity index (χ4v) is 1.83. The van der Waals surface area contributed by atoms with E-state index in [0.717, 1.165) is 11.3 Å². The standard InChI is InChI=1S/C16H17N3O2/c1-4-9-21-15-7-5-14(6-8-15)18(3)16(20)12-19-11-13(2)10-17-19/h1,5-8,10-11H,9,12H2,2-3H3. The molecule has 0 radical (unpaired) electrons. The molecule has 21 heavy (non-hydrogen) atoms. The third-order valence-corrected chi connectivity index (χ3v) is 2.98. The van der Waals surface area contributed by atoms with Gasteiger partial charge in [-0.15, -0.1) is 6.42 Å². The molecule has 0 N–H and O–H groups in total. The summed E-state index contributed by atoms with van der Waals surface area (Å²) in [6.07, 6.45) is 8.70. The molecule has 0 aliphatic carbocycles. The van der Waals surface area contributed by atoms with Gasteiger partial charge in [0.05, 0.1) is 6.20 Å². The van der Waals surface area contributed by atoms with Crippen LogP contribution in [0.4, 0.5) is 5.69 Å². The molecule has 1 amide bonds. The fourth-order valence-electron chi connectivity index (χ4n) is 1.83. The number of aryl methyl sites for hydroxylation is 1. The maximum Gasteiger partial charge on any atom is 0.248 e. The summed E-state index contributed by atoms with van der Waals surface area (Å²) >= 11 is 0. The molecule has 1 aromatic carbocycles. The second-order valence-electron chi connectivity index (χ2n) is 4.65. The number of amides is 1. The van der Waals surface area contributed by atoms with Gasteiger partial charge >= 0.3 is 0 Å². The van der Waals surface area contributed by atoms with Crippen LogP contribution in [0.5, 0.6) is 5.75 Å². The number of benzene rings is 1. The predicted molar refractivity (Wildman–Crippen MR) is 81.1 cm³/mol. The highest BCUT2D eigenvalue weighted by Crippen LogP contribution is 2.18. The molecule has 0 saturated heterocycles. The number of ether oxygens (including phenoxy) is 1. The lowest BCUT2D eigenvalue weighted by Gasteiger charge is -2.17. The molecule has 0 bridgehead atoms. The van der Waals surface area contributed by atoms with E-state index in [4.69, 9.17) is 11.2 Å². The van der Waals surface area contributed by atoms with Crippen molar-refractivity contribution in [3.8, 4) is 18.1 Å². The van der Waals surface area contributed by atoms with E-state index in [9.17, 15) is 4.79 Å². The lowest BCUT2D eigenvalue weighted by atomic mass is 10.3. The van der Waals surface area contributed by atoms with E-state index in [0.29, 0.717) is 5.75 Å². The number of carbonyl (C=O) groups excluding carboxylic acids is 1. The molecule has 5 nitrogen and oxygen atoms in total. The quantitative estimate of drug-likeness (QED) is 0.787. The molecule has 0 aliphatic heterocycles. The zero-order valence-electron chi connectivity index (χ0n) is 12.1. The van der Waals surface area contributed by atoms with Gasteiger partial charge in [0, 0.05) is 18.9 Å². The Labute approximate surface area is 124 Å². The highest BCUT2D eigenvalue weighted by Gasteiger charge is 2.12. The highest BCUT2D eigenvalue weighted by atomic mass is 16.5. The first-order valence-electron chi connectivity index (χ1n) is 6.52. The van der Waals surface area contributed by atoms with Crippen LogP contribution in [0.25, 0.3) is 0 Å². The van der Waals surface area contributed by atoms with Gasteiger partial charge in [-0.05, 0) is 36.8 Å². The minimum atomic E-state index is -0.0459. The molecule has 0 atom stereocenters. The number of carbonyl (C=O) groups is 1. The van der Waals surface area contributed by atoms with Gasteiger partial charge in [-0.25, -0.2) is 0 Å². The molecule has 108 valence electrons. The molecule has 0 spiro atoms. The van der Waals surface area contributed by atoms with E-state index in [2.05, 4.69) is 11.0 Å². The SMILES string of the molecule is C#CCOc1ccc(N(C)C(=O)Cn2cc(C)cn2)cc1. The van der Waals surface area contributed by atoms with E-state index in [1.165, 1.54) is 0 Å². The smallest absolute Gasteiger partial charge is 0.248 e. The maximum absolute atomic E-state index is 12.2. The Morgan fingerprint density at radius 2 is 2.14 bits per heavy atom. The number of terminal acetylenes is 1. The largest absolute Gasteiger partial charge is 0.481 e. The monoisotopic (exact) mass is 283 g/mol. The zero-order chi connectivity index (χ0) is 15.2. The van der Waals surface area contributed by atoms with E-state index < -0.39 is 0 Å². The number of likely N-dealkylation sites (N-methyl/N-ethyl adjacent to an activating group) is 1. The third-order valence-electron chi connectivity index (χ3n) is 2.98. The third kappa shape index (κ3) is 3.86. The summed E-state index contributed by atoms with van der Waals surface area (Å²) in [4.78, 5) is 13.8. The molecule has 0 fully saturated rings. The van der Waals surface area contributed by atoms with Crippen LogP contribution in [-0.4, -0.2) is 29.3 Å². The maximum atomic E-state index is 12.2. The Kier molecular flexibility index (Phi) is 4.62. The Morgan fingerprint density at radius 3 is 2.71 bits per heavy atom. The van der Waals surface area contributed by atoms with Gasteiger partial charge in [-0.2, -0.15) is 5.10 Å². The number of anilines is 1. The van der Waals surface area contributed by atoms with Crippen molar-refractivity contribution in [2.45, 2.75) is 13.5 Å². The van der Waals surface area contributed by atoms with E-state index in [1.807, 2.05) is 25.3 Å². The van der Waals surface area contributed by atoms with Crippen LogP contribution in [0.1, 0.15) is 5.56 Å². The van der Waals surface area contributed by atoms with E-state index >= 15 is 0 Å². The van der Waals surface area contributed by atoms with Gasteiger partial charge in [-0.1, -0.05) is 5.92 Å². The van der Waals surface area contributed by atoms with Crippen molar-refractivity contribution in [1.29, 1.82) is 0 Å². The van der Waals surface area contributed by atoms with Crippen LogP contribution in [0, 0.1) is 19.3 Å². The van der Waals surface area contributed by atoms with Crippen molar-refractivity contribution >= 4 is 11.6 Å². The molecule has 0 unspecified atom stereocenters. The van der Waals surface area contributed by atoms with Crippen LogP contribution in [0.3, 0.4) is 0 Å². The summed E-state index contributed by atoms with van der Waals surface area (Å²) in [5.74, 6) is 3.04. The Balaban J connectivity index is 2.00. The second-order valence-corrected chi connectivity index (χ2v) is 4.65. The molecule has 1 heterocycles. The van der Waals surface area contributed by atoms with Crippen molar-refractivity contribution in [3.05, 3.63) is 42.2 Å². The predicted octanol–water partition coefficient (Wildman–Crippen LogP) is 1.87. The van der Waals surface area contributed by atoms with E-state index in [1.54, 1.807) is 35.0 Å². The van der Waals surface area contributed by atoms with E-state index in [-0.39, 0.29) is 19.1 Å². The molecule has 0 saturated carbocycles. The number of nitrogens with zero attached hydrogens (tertiary/aromatic N) is 3. The Hall–Kier alpha value is -2.74. The molecular weight excluding hydrogens is 266 g/mol. The highest BCUT2D eigenvalue weighted by molar-refractivity contribution is 5.92. The van der Waals surface area contributed by atoms with Crippen molar-refractivity contribution in [2.75, 3.05) is 18.6 Å². The number of rotatable bonds is 5. The van der Waals surface area contributed by atoms with Crippen molar-refractivity contribution in [1.82, 2.24) is 9.78 Å². The minimum Gasteiger partial charge on any atom is -0.481 e. The number of hydrogen-bond acceptors (Lipinski definition) is 3. The summed E-state index contributed by atoms with van der Waals surface area (Å²) in [5, 5.41) is 4.11. The van der Waals surface area contributed by atoms with Gasteiger partial charge in [0.1, 0.15) is 18.9 Å². The fraction of sp³-hybridized carbons (Fsp3) is 0.250. The van der Waals surface area contributed by atoms with Gasteiger partial charge < -0.3 is 9.64 Å². The van der Waals surface area contributed by atoms with Gasteiger partial charge in [0.15, 0.2) is 0 Å². The second kappa shape index (κ2) is 6.62. The normalized spacial score (nSPS) is 9.95. The van der Waals surface area contributed by atoms with Crippen molar-refractivity contribution in [3.63, 3.8) is 0 Å². The topological polar surface area (TPSA) is 47.4 Å². The van der Waals surface area contributed by atoms with Gasteiger partial charge in [0.25, 0.3) is 0 Å². The van der Waals surface area contributed by atoms with Crippen molar-refractivity contribution < 1.29 is 9.53 Å². The first kappa shape index (κ1) is 14.7. The summed E-state index contributed by atoms with van der Waals surface area (Å²) in [6.45, 7) is 2.37. The summed E-state index contributed by atoms with van der Waals surface area (Å²) in [7, 11) is 1.73. The average molecular weight is 283 g/mol. The minimum absolute atomic E-state index is 0.0459. The Morgan fingerprint density at radius 1 is 1.43 bits per heavy atom. The number of hydrogen-bond donors (Lipinski definition) is 0. The molecule has 1 aromatic heterocycles. The molecule has 0 aliphatic rings. The van der Waals surface area contributed by atoms with Crippen LogP contribution >= 0.6 is 0 Å². The zero-order valence-corrected chi connectivity index (χ0v) is 12.1. The summed E-state index contributed by atoms with van der Waals surface area (Å²) in [6, 6.07) is 7.21. The van der Waals surface area contributed by atoms with Crippen LogP contribution in [0.2, 0.25) is 0 Å². The van der Waals surface area contributed by atoms with Crippen LogP contribution < -0.4 is 9.64 Å². The van der Waals surface area contributed by atoms with Crippen molar-refractivity contribution in [2.24, 2.45) is 0 Å².